The number of thioether (sulfide) groups is 1. The number of H-pyrrole nitrogens is 1. The summed E-state index contributed by atoms with van der Waals surface area (Å²) < 4.78 is 37.7. The second-order valence-corrected chi connectivity index (χ2v) is 5.88. The van der Waals surface area contributed by atoms with Crippen LogP contribution in [0.15, 0.2) is 59.5 Å². The van der Waals surface area contributed by atoms with Crippen LogP contribution >= 0.6 is 11.8 Å². The fourth-order valence-corrected chi connectivity index (χ4v) is 2.79. The van der Waals surface area contributed by atoms with Crippen LogP contribution in [0.25, 0.3) is 10.9 Å². The Labute approximate surface area is 133 Å². The van der Waals surface area contributed by atoms with E-state index in [1.54, 1.807) is 12.1 Å². The standard InChI is InChI=1S/C16H11F3N2OS/c17-16(18,19)23-14-8-4-3-7-12(14)21-15(22)13-9-10-5-1-2-6-11(10)20-13/h1-9,20H,(H,21,22). The van der Waals surface area contributed by atoms with Gasteiger partial charge in [-0.1, -0.05) is 30.3 Å². The van der Waals surface area contributed by atoms with Gasteiger partial charge in [-0.2, -0.15) is 13.2 Å². The Bertz CT molecular complexity index is 825. The van der Waals surface area contributed by atoms with Crippen molar-refractivity contribution in [3.63, 3.8) is 0 Å². The number of carbonyl (C=O) groups excluding carboxylic acids is 1. The van der Waals surface area contributed by atoms with Crippen molar-refractivity contribution >= 4 is 34.3 Å². The first kappa shape index (κ1) is 15.5. The molecule has 0 radical (unpaired) electrons. The van der Waals surface area contributed by atoms with Crippen molar-refractivity contribution in [3.8, 4) is 0 Å². The summed E-state index contributed by atoms with van der Waals surface area (Å²) in [5, 5.41) is 3.38. The van der Waals surface area contributed by atoms with E-state index in [-0.39, 0.29) is 28.0 Å². The van der Waals surface area contributed by atoms with Gasteiger partial charge in [-0.25, -0.2) is 0 Å². The number of benzene rings is 2. The molecule has 0 saturated heterocycles. The molecule has 1 aromatic heterocycles. The molecule has 0 saturated carbocycles. The van der Waals surface area contributed by atoms with E-state index in [2.05, 4.69) is 10.3 Å². The molecule has 1 heterocycles. The maximum atomic E-state index is 12.6. The quantitative estimate of drug-likeness (QED) is 0.659. The first-order valence-corrected chi connectivity index (χ1v) is 7.48. The summed E-state index contributed by atoms with van der Waals surface area (Å²) in [6.45, 7) is 0. The Morgan fingerprint density at radius 2 is 1.74 bits per heavy atom. The molecule has 0 aliphatic heterocycles. The van der Waals surface area contributed by atoms with Gasteiger partial charge < -0.3 is 10.3 Å². The van der Waals surface area contributed by atoms with Gasteiger partial charge in [0, 0.05) is 15.8 Å². The van der Waals surface area contributed by atoms with E-state index in [0.29, 0.717) is 0 Å². The number of fused-ring (bicyclic) bond motifs is 1. The third-order valence-electron chi connectivity index (χ3n) is 3.14. The van der Waals surface area contributed by atoms with Crippen molar-refractivity contribution in [1.29, 1.82) is 0 Å². The van der Waals surface area contributed by atoms with Gasteiger partial charge in [-0.05, 0) is 36.0 Å². The van der Waals surface area contributed by atoms with Crippen LogP contribution in [0.4, 0.5) is 18.9 Å². The lowest BCUT2D eigenvalue weighted by Crippen LogP contribution is -2.13. The molecule has 1 amide bonds. The van der Waals surface area contributed by atoms with Crippen LogP contribution in [0.2, 0.25) is 0 Å². The minimum absolute atomic E-state index is 0.0514. The first-order valence-electron chi connectivity index (χ1n) is 6.66. The van der Waals surface area contributed by atoms with Gasteiger partial charge in [0.15, 0.2) is 0 Å². The monoisotopic (exact) mass is 336 g/mol. The number of nitrogens with one attached hydrogen (secondary N) is 2. The van der Waals surface area contributed by atoms with Gasteiger partial charge in [0.2, 0.25) is 0 Å². The number of anilines is 1. The molecule has 2 N–H and O–H groups in total. The number of alkyl halides is 3. The number of amides is 1. The summed E-state index contributed by atoms with van der Waals surface area (Å²) in [5.74, 6) is -0.489. The molecule has 3 nitrogen and oxygen atoms in total. The maximum absolute atomic E-state index is 12.6. The van der Waals surface area contributed by atoms with Crippen LogP contribution in [-0.2, 0) is 0 Å². The largest absolute Gasteiger partial charge is 0.446 e. The molecule has 7 heteroatoms. The molecule has 0 atom stereocenters. The molecule has 0 fully saturated rings. The van der Waals surface area contributed by atoms with E-state index >= 15 is 0 Å². The molecule has 2 aromatic carbocycles. The molecule has 23 heavy (non-hydrogen) atoms. The Kier molecular flexibility index (Phi) is 4.04. The smallest absolute Gasteiger partial charge is 0.351 e. The average molecular weight is 336 g/mol. The Balaban J connectivity index is 1.85. The Morgan fingerprint density at radius 3 is 2.48 bits per heavy atom. The zero-order valence-corrected chi connectivity index (χ0v) is 12.5. The lowest BCUT2D eigenvalue weighted by atomic mass is 10.2. The highest BCUT2D eigenvalue weighted by Gasteiger charge is 2.30. The van der Waals surface area contributed by atoms with Gasteiger partial charge in [-0.15, -0.1) is 0 Å². The zero-order valence-electron chi connectivity index (χ0n) is 11.6. The fourth-order valence-electron chi connectivity index (χ4n) is 2.17. The SMILES string of the molecule is O=C(Nc1ccccc1SC(F)(F)F)c1cc2ccccc2[nH]1. The molecule has 0 bridgehead atoms. The lowest BCUT2D eigenvalue weighted by molar-refractivity contribution is -0.0328. The van der Waals surface area contributed by atoms with Crippen LogP contribution in [0.1, 0.15) is 10.5 Å². The van der Waals surface area contributed by atoms with E-state index in [1.165, 1.54) is 18.2 Å². The number of para-hydroxylation sites is 2. The van der Waals surface area contributed by atoms with E-state index in [4.69, 9.17) is 0 Å². The minimum Gasteiger partial charge on any atom is -0.351 e. The minimum atomic E-state index is -4.41. The molecule has 0 spiro atoms. The summed E-state index contributed by atoms with van der Waals surface area (Å²) >= 11 is -0.255. The first-order chi connectivity index (χ1) is 10.9. The van der Waals surface area contributed by atoms with Gasteiger partial charge in [0.05, 0.1) is 5.69 Å². The zero-order chi connectivity index (χ0) is 16.4. The molecule has 0 unspecified atom stereocenters. The summed E-state index contributed by atoms with van der Waals surface area (Å²) in [5.41, 5.74) is -3.21. The van der Waals surface area contributed by atoms with Crippen LogP contribution in [0, 0.1) is 0 Å². The highest BCUT2D eigenvalue weighted by molar-refractivity contribution is 8.00. The summed E-state index contributed by atoms with van der Waals surface area (Å²) in [4.78, 5) is 15.2. The summed E-state index contributed by atoms with van der Waals surface area (Å²) in [7, 11) is 0. The lowest BCUT2D eigenvalue weighted by Gasteiger charge is -2.11. The number of carbonyl (C=O) groups is 1. The van der Waals surface area contributed by atoms with Gasteiger partial charge in [0.1, 0.15) is 5.69 Å². The van der Waals surface area contributed by atoms with Crippen molar-refractivity contribution in [3.05, 3.63) is 60.3 Å². The Hall–Kier alpha value is -2.41. The summed E-state index contributed by atoms with van der Waals surface area (Å²) in [6.07, 6.45) is 0. The van der Waals surface area contributed by atoms with Crippen molar-refractivity contribution in [2.24, 2.45) is 0 Å². The molecule has 0 aliphatic rings. The van der Waals surface area contributed by atoms with E-state index in [9.17, 15) is 18.0 Å². The van der Waals surface area contributed by atoms with Crippen LogP contribution < -0.4 is 5.32 Å². The fraction of sp³-hybridized carbons (Fsp3) is 0.0625. The average Bonchev–Trinajstić information content (AvgIpc) is 2.92. The number of aromatic nitrogens is 1. The highest BCUT2D eigenvalue weighted by Crippen LogP contribution is 2.40. The number of halogens is 3. The second-order valence-electron chi connectivity index (χ2n) is 4.77. The van der Waals surface area contributed by atoms with Crippen LogP contribution in [-0.4, -0.2) is 16.4 Å². The van der Waals surface area contributed by atoms with Gasteiger partial charge in [-0.3, -0.25) is 4.79 Å². The number of hydrogen-bond acceptors (Lipinski definition) is 2. The molecular formula is C16H11F3N2OS. The predicted molar refractivity (Wildman–Crippen MR) is 84.6 cm³/mol. The molecule has 0 aliphatic carbocycles. The predicted octanol–water partition coefficient (Wildman–Crippen LogP) is 5.03. The molecule has 118 valence electrons. The van der Waals surface area contributed by atoms with E-state index < -0.39 is 11.4 Å². The maximum Gasteiger partial charge on any atom is 0.446 e. The second kappa shape index (κ2) is 6.00. The highest BCUT2D eigenvalue weighted by atomic mass is 32.2. The normalized spacial score (nSPS) is 11.6. The van der Waals surface area contributed by atoms with E-state index in [0.717, 1.165) is 10.9 Å². The molecular weight excluding hydrogens is 325 g/mol. The van der Waals surface area contributed by atoms with Crippen molar-refractivity contribution in [1.82, 2.24) is 4.98 Å². The summed E-state index contributed by atoms with van der Waals surface area (Å²) in [6, 6.07) is 14.8. The third kappa shape index (κ3) is 3.68. The van der Waals surface area contributed by atoms with Crippen molar-refractivity contribution in [2.45, 2.75) is 10.4 Å². The number of rotatable bonds is 3. The van der Waals surface area contributed by atoms with Gasteiger partial charge in [0.25, 0.3) is 5.91 Å². The van der Waals surface area contributed by atoms with Crippen LogP contribution in [0.3, 0.4) is 0 Å². The molecule has 3 aromatic rings. The Morgan fingerprint density at radius 1 is 1.04 bits per heavy atom. The third-order valence-corrected chi connectivity index (χ3v) is 3.94. The van der Waals surface area contributed by atoms with Crippen LogP contribution in [0.5, 0.6) is 0 Å². The van der Waals surface area contributed by atoms with E-state index in [1.807, 2.05) is 24.3 Å². The van der Waals surface area contributed by atoms with Crippen molar-refractivity contribution < 1.29 is 18.0 Å². The number of hydrogen-bond donors (Lipinski definition) is 2. The van der Waals surface area contributed by atoms with Crippen molar-refractivity contribution in [2.75, 3.05) is 5.32 Å². The number of aromatic amines is 1. The molecule has 3 rings (SSSR count). The topological polar surface area (TPSA) is 44.9 Å². The van der Waals surface area contributed by atoms with Gasteiger partial charge >= 0.3 is 5.51 Å².